The standard InChI is InChI=1S/C27H26N6O2/c1-17-11-23(33-9-8-27(16-28,26(33)35)22-6-7-22)14-24(30-17)31-25(34)13-19-4-3-5-20(12-19)21-10-18(2)32-29-15-21/h3-5,10-12,14-15,22H,6-9,13H2,1-2H3,(H,30,31,34)/t27-/m1/s1. The lowest BCUT2D eigenvalue weighted by atomic mass is 9.83. The monoisotopic (exact) mass is 466 g/mol. The van der Waals surface area contributed by atoms with Gasteiger partial charge in [-0.2, -0.15) is 15.5 Å². The molecule has 1 saturated heterocycles. The molecule has 3 heterocycles. The Hall–Kier alpha value is -4.12. The number of nitrogens with zero attached hydrogens (tertiary/aromatic N) is 5. The van der Waals surface area contributed by atoms with E-state index < -0.39 is 5.41 Å². The van der Waals surface area contributed by atoms with E-state index in [9.17, 15) is 14.9 Å². The van der Waals surface area contributed by atoms with Crippen LogP contribution in [0.15, 0.2) is 48.7 Å². The SMILES string of the molecule is Cc1cc(-c2cccc(CC(=O)Nc3cc(N4CC[C@@](C#N)(C5CC5)C4=O)cc(C)n3)c2)cnn1. The van der Waals surface area contributed by atoms with Gasteiger partial charge >= 0.3 is 0 Å². The predicted molar refractivity (Wildman–Crippen MR) is 131 cm³/mol. The van der Waals surface area contributed by atoms with Crippen molar-refractivity contribution in [2.75, 3.05) is 16.8 Å². The van der Waals surface area contributed by atoms with Crippen LogP contribution in [0.2, 0.25) is 0 Å². The molecule has 1 N–H and O–H groups in total. The number of amides is 2. The molecule has 1 aliphatic heterocycles. The third kappa shape index (κ3) is 4.50. The molecule has 2 aromatic heterocycles. The smallest absolute Gasteiger partial charge is 0.247 e. The predicted octanol–water partition coefficient (Wildman–Crippen LogP) is 3.99. The van der Waals surface area contributed by atoms with E-state index in [1.165, 1.54) is 0 Å². The Labute approximate surface area is 204 Å². The molecule has 176 valence electrons. The van der Waals surface area contributed by atoms with Gasteiger partial charge in [-0.05, 0) is 62.3 Å². The number of nitriles is 1. The van der Waals surface area contributed by atoms with Crippen LogP contribution in [0, 0.1) is 36.5 Å². The number of hydrogen-bond donors (Lipinski definition) is 1. The number of aryl methyl sites for hydroxylation is 2. The fourth-order valence-electron chi connectivity index (χ4n) is 4.87. The van der Waals surface area contributed by atoms with Crippen LogP contribution in [0.5, 0.6) is 0 Å². The van der Waals surface area contributed by atoms with Crippen molar-refractivity contribution in [1.29, 1.82) is 5.26 Å². The van der Waals surface area contributed by atoms with Gasteiger partial charge in [0.25, 0.3) is 0 Å². The Kier molecular flexibility index (Phi) is 5.77. The van der Waals surface area contributed by atoms with E-state index >= 15 is 0 Å². The van der Waals surface area contributed by atoms with Gasteiger partial charge in [-0.15, -0.1) is 0 Å². The molecule has 8 nitrogen and oxygen atoms in total. The van der Waals surface area contributed by atoms with Crippen molar-refractivity contribution in [3.8, 4) is 17.2 Å². The van der Waals surface area contributed by atoms with Crippen molar-refractivity contribution in [2.24, 2.45) is 11.3 Å². The number of hydrogen-bond acceptors (Lipinski definition) is 6. The van der Waals surface area contributed by atoms with Crippen LogP contribution in [-0.2, 0) is 16.0 Å². The second kappa shape index (κ2) is 8.91. The summed E-state index contributed by atoms with van der Waals surface area (Å²) in [5, 5.41) is 20.6. The van der Waals surface area contributed by atoms with Crippen molar-refractivity contribution in [3.05, 3.63) is 65.6 Å². The van der Waals surface area contributed by atoms with Crippen LogP contribution in [0.3, 0.4) is 0 Å². The van der Waals surface area contributed by atoms with E-state index in [1.807, 2.05) is 50.2 Å². The van der Waals surface area contributed by atoms with E-state index in [0.29, 0.717) is 30.2 Å². The first-order valence-corrected chi connectivity index (χ1v) is 11.8. The minimum atomic E-state index is -0.908. The van der Waals surface area contributed by atoms with Crippen LogP contribution < -0.4 is 10.2 Å². The molecule has 2 fully saturated rings. The van der Waals surface area contributed by atoms with Crippen LogP contribution in [0.25, 0.3) is 11.1 Å². The van der Waals surface area contributed by atoms with E-state index in [0.717, 1.165) is 35.2 Å². The maximum Gasteiger partial charge on any atom is 0.247 e. The van der Waals surface area contributed by atoms with Gasteiger partial charge in [-0.1, -0.05) is 24.3 Å². The number of aromatic nitrogens is 3. The lowest BCUT2D eigenvalue weighted by molar-refractivity contribution is -0.123. The van der Waals surface area contributed by atoms with Crippen molar-refractivity contribution in [3.63, 3.8) is 0 Å². The molecule has 8 heteroatoms. The van der Waals surface area contributed by atoms with Gasteiger partial charge in [0, 0.05) is 29.6 Å². The largest absolute Gasteiger partial charge is 0.311 e. The first-order chi connectivity index (χ1) is 16.9. The molecule has 0 unspecified atom stereocenters. The summed E-state index contributed by atoms with van der Waals surface area (Å²) >= 11 is 0. The number of carbonyl (C=O) groups is 2. The number of benzene rings is 1. The van der Waals surface area contributed by atoms with Crippen LogP contribution in [-0.4, -0.2) is 33.5 Å². The van der Waals surface area contributed by atoms with Gasteiger partial charge in [0.2, 0.25) is 11.8 Å². The maximum atomic E-state index is 13.2. The van der Waals surface area contributed by atoms with Gasteiger partial charge in [-0.3, -0.25) is 9.59 Å². The highest BCUT2D eigenvalue weighted by Crippen LogP contribution is 2.52. The summed E-state index contributed by atoms with van der Waals surface area (Å²) in [4.78, 5) is 32.1. The quantitative estimate of drug-likeness (QED) is 0.588. The van der Waals surface area contributed by atoms with Crippen molar-refractivity contribution < 1.29 is 9.59 Å². The molecule has 35 heavy (non-hydrogen) atoms. The van der Waals surface area contributed by atoms with Gasteiger partial charge in [0.1, 0.15) is 11.2 Å². The molecule has 0 radical (unpaired) electrons. The Morgan fingerprint density at radius 1 is 1.17 bits per heavy atom. The second-order valence-electron chi connectivity index (χ2n) is 9.43. The Morgan fingerprint density at radius 3 is 2.74 bits per heavy atom. The summed E-state index contributed by atoms with van der Waals surface area (Å²) in [5.74, 6) is 0.217. The van der Waals surface area contributed by atoms with Crippen LogP contribution >= 0.6 is 0 Å². The Balaban J connectivity index is 1.31. The zero-order valence-corrected chi connectivity index (χ0v) is 19.8. The average Bonchev–Trinajstić information content (AvgIpc) is 3.62. The fraction of sp³-hybridized carbons (Fsp3) is 0.333. The zero-order chi connectivity index (χ0) is 24.6. The first-order valence-electron chi connectivity index (χ1n) is 11.8. The lowest BCUT2D eigenvalue weighted by Gasteiger charge is -2.21. The highest BCUT2D eigenvalue weighted by molar-refractivity contribution is 6.02. The molecule has 0 bridgehead atoms. The normalized spacial score (nSPS) is 19.5. The summed E-state index contributed by atoms with van der Waals surface area (Å²) in [5.41, 5.74) is 4.04. The summed E-state index contributed by atoms with van der Waals surface area (Å²) < 4.78 is 0. The van der Waals surface area contributed by atoms with E-state index in [1.54, 1.807) is 17.2 Å². The van der Waals surface area contributed by atoms with E-state index in [4.69, 9.17) is 0 Å². The van der Waals surface area contributed by atoms with Crippen molar-refractivity contribution >= 4 is 23.3 Å². The van der Waals surface area contributed by atoms with Crippen LogP contribution in [0.1, 0.15) is 36.2 Å². The highest BCUT2D eigenvalue weighted by atomic mass is 16.2. The van der Waals surface area contributed by atoms with E-state index in [2.05, 4.69) is 26.6 Å². The highest BCUT2D eigenvalue weighted by Gasteiger charge is 2.56. The fourth-order valence-corrected chi connectivity index (χ4v) is 4.87. The zero-order valence-electron chi connectivity index (χ0n) is 19.8. The molecular formula is C27H26N6O2. The maximum absolute atomic E-state index is 13.2. The summed E-state index contributed by atoms with van der Waals surface area (Å²) in [6, 6.07) is 15.6. The van der Waals surface area contributed by atoms with Gasteiger partial charge in [0.05, 0.1) is 24.4 Å². The van der Waals surface area contributed by atoms with Crippen LogP contribution in [0.4, 0.5) is 11.5 Å². The molecule has 5 rings (SSSR count). The molecule has 1 saturated carbocycles. The lowest BCUT2D eigenvalue weighted by Crippen LogP contribution is -2.35. The minimum Gasteiger partial charge on any atom is -0.311 e. The molecule has 0 spiro atoms. The molecule has 2 aliphatic rings. The average molecular weight is 467 g/mol. The van der Waals surface area contributed by atoms with Gasteiger partial charge < -0.3 is 10.2 Å². The summed E-state index contributed by atoms with van der Waals surface area (Å²) in [7, 11) is 0. The topological polar surface area (TPSA) is 112 Å². The first kappa shape index (κ1) is 22.7. The number of anilines is 2. The molecule has 1 aromatic carbocycles. The third-order valence-electron chi connectivity index (χ3n) is 6.75. The minimum absolute atomic E-state index is 0.136. The van der Waals surface area contributed by atoms with Crippen molar-refractivity contribution in [1.82, 2.24) is 15.2 Å². The molecular weight excluding hydrogens is 440 g/mol. The number of carbonyl (C=O) groups excluding carboxylic acids is 2. The van der Waals surface area contributed by atoms with Gasteiger partial charge in [0.15, 0.2) is 0 Å². The number of nitrogens with one attached hydrogen (secondary N) is 1. The Morgan fingerprint density at radius 2 is 2.00 bits per heavy atom. The number of pyridine rings is 1. The summed E-state index contributed by atoms with van der Waals surface area (Å²) in [6.45, 7) is 4.21. The Bertz CT molecular complexity index is 1360. The third-order valence-corrected chi connectivity index (χ3v) is 6.75. The molecule has 1 aliphatic carbocycles. The molecule has 3 aromatic rings. The van der Waals surface area contributed by atoms with Gasteiger partial charge in [-0.25, -0.2) is 4.98 Å². The summed E-state index contributed by atoms with van der Waals surface area (Å²) in [6.07, 6.45) is 4.29. The second-order valence-corrected chi connectivity index (χ2v) is 9.43. The van der Waals surface area contributed by atoms with Crippen molar-refractivity contribution in [2.45, 2.75) is 39.5 Å². The number of rotatable bonds is 6. The molecule has 2 amide bonds. The molecule has 1 atom stereocenters. The van der Waals surface area contributed by atoms with E-state index in [-0.39, 0.29) is 24.2 Å².